The number of carbonyl (C=O) groups is 2. The van der Waals surface area contributed by atoms with Gasteiger partial charge in [0.15, 0.2) is 5.12 Å². The summed E-state index contributed by atoms with van der Waals surface area (Å²) in [5.41, 5.74) is 2.09. The van der Waals surface area contributed by atoms with Crippen LogP contribution in [0.2, 0.25) is 0 Å². The Kier molecular flexibility index (Phi) is 7.52. The van der Waals surface area contributed by atoms with E-state index < -0.39 is 0 Å². The zero-order valence-electron chi connectivity index (χ0n) is 14.3. The summed E-state index contributed by atoms with van der Waals surface area (Å²) in [7, 11) is 0. The smallest absolute Gasteiger partial charge is 0.305 e. The van der Waals surface area contributed by atoms with Crippen LogP contribution in [0.4, 0.5) is 0 Å². The normalized spacial score (nSPS) is 19.4. The van der Waals surface area contributed by atoms with Gasteiger partial charge in [-0.15, -0.1) is 0 Å². The Morgan fingerprint density at radius 2 is 2.38 bits per heavy atom. The quantitative estimate of drug-likeness (QED) is 0.760. The topological polar surface area (TPSA) is 73.2 Å². The van der Waals surface area contributed by atoms with Crippen molar-refractivity contribution in [2.75, 3.05) is 19.7 Å². The van der Waals surface area contributed by atoms with E-state index in [1.54, 1.807) is 6.92 Å². The monoisotopic (exact) mass is 351 g/mol. The molecule has 1 N–H and O–H groups in total. The maximum atomic E-state index is 11.4. The number of carbonyl (C=O) groups excluding carboxylic acids is 2. The fourth-order valence-electron chi connectivity index (χ4n) is 2.63. The molecule has 0 radical (unpaired) electrons. The van der Waals surface area contributed by atoms with Crippen LogP contribution in [0, 0.1) is 0 Å². The zero-order valence-corrected chi connectivity index (χ0v) is 15.1. The van der Waals surface area contributed by atoms with Gasteiger partial charge in [-0.1, -0.05) is 11.8 Å². The molecule has 1 aliphatic rings. The number of hydrogen-bond donors (Lipinski definition) is 1. The first-order valence-corrected chi connectivity index (χ1v) is 9.24. The molecule has 6 nitrogen and oxygen atoms in total. The molecule has 7 heteroatoms. The second-order valence-electron chi connectivity index (χ2n) is 5.70. The second kappa shape index (κ2) is 9.64. The van der Waals surface area contributed by atoms with E-state index in [1.807, 2.05) is 23.9 Å². The van der Waals surface area contributed by atoms with Gasteiger partial charge < -0.3 is 10.1 Å². The maximum Gasteiger partial charge on any atom is 0.305 e. The fraction of sp³-hybridized carbons (Fsp3) is 0.588. The van der Waals surface area contributed by atoms with Gasteiger partial charge in [0.1, 0.15) is 0 Å². The van der Waals surface area contributed by atoms with Crippen LogP contribution in [0.5, 0.6) is 0 Å². The molecule has 1 saturated heterocycles. The summed E-state index contributed by atoms with van der Waals surface area (Å²) in [5, 5.41) is 8.26. The van der Waals surface area contributed by atoms with Crippen molar-refractivity contribution >= 4 is 28.9 Å². The molecule has 0 bridgehead atoms. The minimum Gasteiger partial charge on any atom is -0.466 e. The van der Waals surface area contributed by atoms with E-state index in [1.165, 1.54) is 17.3 Å². The highest BCUT2D eigenvalue weighted by Crippen LogP contribution is 2.26. The molecule has 1 aromatic heterocycles. The third-order valence-electron chi connectivity index (χ3n) is 3.70. The molecule has 1 aliphatic heterocycles. The van der Waals surface area contributed by atoms with Crippen molar-refractivity contribution in [3.8, 4) is 0 Å². The Morgan fingerprint density at radius 3 is 3.12 bits per heavy atom. The molecule has 1 aromatic rings. The number of rotatable bonds is 7. The third kappa shape index (κ3) is 6.13. The minimum absolute atomic E-state index is 0.150. The van der Waals surface area contributed by atoms with Crippen molar-refractivity contribution in [3.63, 3.8) is 0 Å². The lowest BCUT2D eigenvalue weighted by molar-refractivity contribution is -0.143. The molecule has 0 aromatic carbocycles. The van der Waals surface area contributed by atoms with Gasteiger partial charge in [0.25, 0.3) is 0 Å². The molecule has 1 unspecified atom stereocenters. The van der Waals surface area contributed by atoms with Gasteiger partial charge in [0.2, 0.25) is 0 Å². The number of ether oxygens (including phenoxy) is 1. The molecular formula is C17H25N3O3S. The van der Waals surface area contributed by atoms with Crippen molar-refractivity contribution in [2.24, 2.45) is 0 Å². The van der Waals surface area contributed by atoms with E-state index >= 15 is 0 Å². The lowest BCUT2D eigenvalue weighted by Gasteiger charge is -2.24. The lowest BCUT2D eigenvalue weighted by Crippen LogP contribution is -2.32. The molecule has 0 saturated carbocycles. The SMILES string of the molecule is CCOC(=O)CCCn1ccc(C=C2CNCCC2SC(C)=O)n1. The van der Waals surface area contributed by atoms with Crippen LogP contribution in [0.3, 0.4) is 0 Å². The summed E-state index contributed by atoms with van der Waals surface area (Å²) in [5.74, 6) is -0.163. The average Bonchev–Trinajstić information content (AvgIpc) is 2.96. The van der Waals surface area contributed by atoms with Crippen LogP contribution in [-0.2, 0) is 20.9 Å². The number of hydrogen-bond acceptors (Lipinski definition) is 6. The van der Waals surface area contributed by atoms with Crippen molar-refractivity contribution in [3.05, 3.63) is 23.5 Å². The Labute approximate surface area is 147 Å². The van der Waals surface area contributed by atoms with Crippen LogP contribution in [0.25, 0.3) is 6.08 Å². The van der Waals surface area contributed by atoms with Crippen molar-refractivity contribution < 1.29 is 14.3 Å². The number of esters is 1. The van der Waals surface area contributed by atoms with Gasteiger partial charge in [0, 0.05) is 37.9 Å². The highest BCUT2D eigenvalue weighted by atomic mass is 32.2. The first-order valence-electron chi connectivity index (χ1n) is 8.36. The molecule has 132 valence electrons. The Morgan fingerprint density at radius 1 is 1.54 bits per heavy atom. The van der Waals surface area contributed by atoms with Crippen molar-refractivity contribution in [1.29, 1.82) is 0 Å². The molecule has 0 spiro atoms. The van der Waals surface area contributed by atoms with Crippen LogP contribution in [-0.4, -0.2) is 45.8 Å². The van der Waals surface area contributed by atoms with E-state index in [9.17, 15) is 9.59 Å². The second-order valence-corrected chi connectivity index (χ2v) is 7.07. The molecule has 24 heavy (non-hydrogen) atoms. The Balaban J connectivity index is 1.91. The van der Waals surface area contributed by atoms with Gasteiger partial charge in [0.05, 0.1) is 12.3 Å². The lowest BCUT2D eigenvalue weighted by atomic mass is 10.0. The highest BCUT2D eigenvalue weighted by Gasteiger charge is 2.21. The van der Waals surface area contributed by atoms with Gasteiger partial charge in [-0.2, -0.15) is 5.10 Å². The molecule has 1 fully saturated rings. The summed E-state index contributed by atoms with van der Waals surface area (Å²) in [6.45, 7) is 6.26. The summed E-state index contributed by atoms with van der Waals surface area (Å²) in [6.07, 6.45) is 6.05. The summed E-state index contributed by atoms with van der Waals surface area (Å²) >= 11 is 1.40. The minimum atomic E-state index is -0.163. The van der Waals surface area contributed by atoms with Crippen LogP contribution in [0.15, 0.2) is 17.8 Å². The van der Waals surface area contributed by atoms with Gasteiger partial charge >= 0.3 is 5.97 Å². The molecule has 0 aliphatic carbocycles. The number of nitrogens with zero attached hydrogens (tertiary/aromatic N) is 2. The van der Waals surface area contributed by atoms with Gasteiger partial charge in [-0.3, -0.25) is 14.3 Å². The summed E-state index contributed by atoms with van der Waals surface area (Å²) in [6, 6.07) is 1.96. The highest BCUT2D eigenvalue weighted by molar-refractivity contribution is 8.14. The van der Waals surface area contributed by atoms with Gasteiger partial charge in [-0.25, -0.2) is 0 Å². The maximum absolute atomic E-state index is 11.4. The Hall–Kier alpha value is -1.60. The van der Waals surface area contributed by atoms with Gasteiger partial charge in [-0.05, 0) is 44.0 Å². The molecular weight excluding hydrogens is 326 g/mol. The van der Waals surface area contributed by atoms with Crippen LogP contribution < -0.4 is 5.32 Å². The van der Waals surface area contributed by atoms with Crippen molar-refractivity contribution in [1.82, 2.24) is 15.1 Å². The van der Waals surface area contributed by atoms with E-state index in [0.717, 1.165) is 25.2 Å². The standard InChI is InChI=1S/C17H25N3O3S/c1-3-23-17(22)5-4-9-20-10-7-15(19-20)11-14-12-18-8-6-16(14)24-13(2)21/h7,10-11,16,18H,3-6,8-9,12H2,1-2H3. The predicted octanol–water partition coefficient (Wildman–Crippen LogP) is 2.25. The number of piperidine rings is 1. The van der Waals surface area contributed by atoms with E-state index in [2.05, 4.69) is 16.5 Å². The molecule has 0 amide bonds. The van der Waals surface area contributed by atoms with E-state index in [-0.39, 0.29) is 16.3 Å². The van der Waals surface area contributed by atoms with E-state index in [4.69, 9.17) is 4.74 Å². The largest absolute Gasteiger partial charge is 0.466 e. The number of nitrogens with one attached hydrogen (secondary N) is 1. The molecule has 2 rings (SSSR count). The predicted molar refractivity (Wildman–Crippen MR) is 95.6 cm³/mol. The van der Waals surface area contributed by atoms with Crippen LogP contribution >= 0.6 is 11.8 Å². The number of aromatic nitrogens is 2. The van der Waals surface area contributed by atoms with E-state index in [0.29, 0.717) is 26.0 Å². The molecule has 2 heterocycles. The first-order chi connectivity index (χ1) is 11.6. The number of thioether (sulfide) groups is 1. The van der Waals surface area contributed by atoms with Crippen LogP contribution in [0.1, 0.15) is 38.8 Å². The third-order valence-corrected chi connectivity index (χ3v) is 4.86. The first kappa shape index (κ1) is 18.7. The van der Waals surface area contributed by atoms with Crippen molar-refractivity contribution in [2.45, 2.75) is 44.9 Å². The molecule has 1 atom stereocenters. The fourth-order valence-corrected chi connectivity index (χ4v) is 3.57. The average molecular weight is 351 g/mol. The summed E-state index contributed by atoms with van der Waals surface area (Å²) in [4.78, 5) is 22.7. The Bertz CT molecular complexity index is 598. The summed E-state index contributed by atoms with van der Waals surface area (Å²) < 4.78 is 6.76. The number of aryl methyl sites for hydroxylation is 1. The zero-order chi connectivity index (χ0) is 17.4.